The van der Waals surface area contributed by atoms with Crippen LogP contribution in [0.3, 0.4) is 0 Å². The molecule has 0 radical (unpaired) electrons. The topological polar surface area (TPSA) is 35.5 Å². The van der Waals surface area contributed by atoms with Crippen LogP contribution in [0.1, 0.15) is 122 Å². The fraction of sp³-hybridized carbons (Fsp3) is 0.639. The third kappa shape index (κ3) is 12.1. The van der Waals surface area contributed by atoms with Gasteiger partial charge in [-0.15, -0.1) is 0 Å². The van der Waals surface area contributed by atoms with E-state index in [0.717, 1.165) is 68.9 Å². The van der Waals surface area contributed by atoms with Crippen LogP contribution in [0.2, 0.25) is 0 Å². The second kappa shape index (κ2) is 18.9. The van der Waals surface area contributed by atoms with E-state index < -0.39 is 12.1 Å². The Morgan fingerprint density at radius 3 is 2.12 bits per heavy atom. The summed E-state index contributed by atoms with van der Waals surface area (Å²) < 4.78 is 39.8. The zero-order valence-corrected chi connectivity index (χ0v) is 25.5. The maximum Gasteiger partial charge on any atom is 0.340 e. The summed E-state index contributed by atoms with van der Waals surface area (Å²) in [5, 5.41) is 0. The molecule has 5 heteroatoms. The van der Waals surface area contributed by atoms with E-state index in [-0.39, 0.29) is 18.3 Å². The molecule has 0 saturated heterocycles. The van der Waals surface area contributed by atoms with E-state index in [1.54, 1.807) is 12.1 Å². The molecule has 0 heterocycles. The molecule has 3 rings (SSSR count). The van der Waals surface area contributed by atoms with Gasteiger partial charge >= 0.3 is 5.97 Å². The van der Waals surface area contributed by atoms with Crippen LogP contribution in [0.5, 0.6) is 5.75 Å². The van der Waals surface area contributed by atoms with Crippen LogP contribution >= 0.6 is 0 Å². The highest BCUT2D eigenvalue weighted by atomic mass is 19.1. The van der Waals surface area contributed by atoms with Crippen molar-refractivity contribution < 1.29 is 23.0 Å². The monoisotopic (exact) mass is 570 g/mol. The van der Waals surface area contributed by atoms with Crippen molar-refractivity contribution in [3.8, 4) is 16.9 Å². The number of alkyl halides is 1. The van der Waals surface area contributed by atoms with Gasteiger partial charge in [-0.05, 0) is 86.1 Å². The van der Waals surface area contributed by atoms with Crippen LogP contribution in [-0.2, 0) is 16.0 Å². The van der Waals surface area contributed by atoms with E-state index in [0.29, 0.717) is 24.7 Å². The highest BCUT2D eigenvalue weighted by Gasteiger charge is 2.27. The Balaban J connectivity index is 1.34. The lowest BCUT2D eigenvalue weighted by Crippen LogP contribution is -2.29. The second-order valence-electron chi connectivity index (χ2n) is 11.9. The van der Waals surface area contributed by atoms with Crippen molar-refractivity contribution in [2.24, 2.45) is 5.92 Å². The number of carbonyl (C=O) groups is 1. The number of ether oxygens (including phenoxy) is 2. The summed E-state index contributed by atoms with van der Waals surface area (Å²) in [7, 11) is 0. The van der Waals surface area contributed by atoms with Gasteiger partial charge in [0.25, 0.3) is 0 Å². The summed E-state index contributed by atoms with van der Waals surface area (Å²) in [6.45, 7) is 4.78. The molecule has 0 aromatic heterocycles. The number of hydrogen-bond donors (Lipinski definition) is 0. The molecule has 1 atom stereocenters. The van der Waals surface area contributed by atoms with Gasteiger partial charge in [-0.2, -0.15) is 0 Å². The van der Waals surface area contributed by atoms with E-state index >= 15 is 0 Å². The SMILES string of the molecule is CCCCCCCCCCOc1ccc(-c2ccc(CCC3CCC(OC(=O)[C@@H](F)CCCC)CC3)cc2)cc1F. The lowest BCUT2D eigenvalue weighted by atomic mass is 9.83. The first-order valence-electron chi connectivity index (χ1n) is 16.4. The van der Waals surface area contributed by atoms with E-state index in [1.807, 2.05) is 13.0 Å². The summed E-state index contributed by atoms with van der Waals surface area (Å²) >= 11 is 0. The Bertz CT molecular complexity index is 998. The van der Waals surface area contributed by atoms with Gasteiger partial charge in [0.05, 0.1) is 6.61 Å². The van der Waals surface area contributed by atoms with Crippen molar-refractivity contribution in [1.82, 2.24) is 0 Å². The Morgan fingerprint density at radius 2 is 1.46 bits per heavy atom. The quantitative estimate of drug-likeness (QED) is 0.124. The van der Waals surface area contributed by atoms with E-state index in [2.05, 4.69) is 31.2 Å². The van der Waals surface area contributed by atoms with Crippen molar-refractivity contribution in [3.05, 3.63) is 53.8 Å². The summed E-state index contributed by atoms with van der Waals surface area (Å²) in [5.74, 6) is -0.0598. The third-order valence-corrected chi connectivity index (χ3v) is 8.46. The van der Waals surface area contributed by atoms with Crippen molar-refractivity contribution in [2.75, 3.05) is 6.61 Å². The molecule has 2 aromatic rings. The molecule has 41 heavy (non-hydrogen) atoms. The number of esters is 1. The number of carbonyl (C=O) groups excluding carboxylic acids is 1. The minimum absolute atomic E-state index is 0.139. The Kier molecular flexibility index (Phi) is 15.2. The van der Waals surface area contributed by atoms with Gasteiger partial charge in [0.1, 0.15) is 6.10 Å². The minimum atomic E-state index is -1.48. The van der Waals surface area contributed by atoms with Gasteiger partial charge < -0.3 is 9.47 Å². The summed E-state index contributed by atoms with van der Waals surface area (Å²) in [6, 6.07) is 13.6. The maximum absolute atomic E-state index is 14.7. The fourth-order valence-electron chi connectivity index (χ4n) is 5.73. The highest BCUT2D eigenvalue weighted by molar-refractivity contribution is 5.74. The molecule has 1 aliphatic carbocycles. The zero-order chi connectivity index (χ0) is 29.3. The van der Waals surface area contributed by atoms with Gasteiger partial charge in [0.2, 0.25) is 0 Å². The first kappa shape index (κ1) is 33.1. The molecule has 0 aliphatic heterocycles. The number of halogens is 2. The molecule has 0 bridgehead atoms. The molecule has 1 aliphatic rings. The number of aryl methyl sites for hydroxylation is 1. The van der Waals surface area contributed by atoms with E-state index in [9.17, 15) is 13.6 Å². The molecule has 0 spiro atoms. The fourth-order valence-corrected chi connectivity index (χ4v) is 5.73. The maximum atomic E-state index is 14.7. The molecule has 1 fully saturated rings. The van der Waals surface area contributed by atoms with Gasteiger partial charge in [0.15, 0.2) is 17.7 Å². The summed E-state index contributed by atoms with van der Waals surface area (Å²) in [4.78, 5) is 12.0. The molecule has 228 valence electrons. The van der Waals surface area contributed by atoms with Crippen molar-refractivity contribution in [1.29, 1.82) is 0 Å². The second-order valence-corrected chi connectivity index (χ2v) is 11.9. The van der Waals surface area contributed by atoms with E-state index in [4.69, 9.17) is 9.47 Å². The van der Waals surface area contributed by atoms with Crippen molar-refractivity contribution in [2.45, 2.75) is 135 Å². The predicted molar refractivity (Wildman–Crippen MR) is 165 cm³/mol. The van der Waals surface area contributed by atoms with Crippen LogP contribution in [0, 0.1) is 11.7 Å². The summed E-state index contributed by atoms with van der Waals surface area (Å²) in [5.41, 5.74) is 3.12. The Morgan fingerprint density at radius 1 is 0.829 bits per heavy atom. The van der Waals surface area contributed by atoms with Crippen molar-refractivity contribution in [3.63, 3.8) is 0 Å². The first-order valence-corrected chi connectivity index (χ1v) is 16.4. The van der Waals surface area contributed by atoms with Crippen LogP contribution in [-0.4, -0.2) is 24.9 Å². The average molecular weight is 571 g/mol. The normalized spacial score (nSPS) is 17.8. The molecule has 0 unspecified atom stereocenters. The van der Waals surface area contributed by atoms with E-state index in [1.165, 1.54) is 44.1 Å². The molecular weight excluding hydrogens is 518 g/mol. The third-order valence-electron chi connectivity index (χ3n) is 8.46. The van der Waals surface area contributed by atoms with Crippen molar-refractivity contribution >= 4 is 5.97 Å². The lowest BCUT2D eigenvalue weighted by molar-refractivity contribution is -0.157. The number of benzene rings is 2. The number of unbranched alkanes of at least 4 members (excludes halogenated alkanes) is 8. The largest absolute Gasteiger partial charge is 0.491 e. The Labute approximate surface area is 247 Å². The van der Waals surface area contributed by atoms with Gasteiger partial charge in [0, 0.05) is 0 Å². The number of hydrogen-bond acceptors (Lipinski definition) is 3. The Hall–Kier alpha value is -2.43. The van der Waals surface area contributed by atoms with Gasteiger partial charge in [-0.1, -0.05) is 102 Å². The smallest absolute Gasteiger partial charge is 0.340 e. The van der Waals surface area contributed by atoms with Gasteiger partial charge in [-0.3, -0.25) is 0 Å². The van der Waals surface area contributed by atoms with Crippen LogP contribution in [0.4, 0.5) is 8.78 Å². The highest BCUT2D eigenvalue weighted by Crippen LogP contribution is 2.31. The summed E-state index contributed by atoms with van der Waals surface area (Å²) in [6.07, 6.45) is 15.8. The molecular formula is C36H52F2O3. The number of rotatable bonds is 19. The minimum Gasteiger partial charge on any atom is -0.491 e. The molecule has 2 aromatic carbocycles. The molecule has 0 N–H and O–H groups in total. The van der Waals surface area contributed by atoms with Gasteiger partial charge in [-0.25, -0.2) is 13.6 Å². The average Bonchev–Trinajstić information content (AvgIpc) is 2.99. The predicted octanol–water partition coefficient (Wildman–Crippen LogP) is 10.6. The first-order chi connectivity index (χ1) is 20.0. The van der Waals surface area contributed by atoms with Crippen LogP contribution < -0.4 is 4.74 Å². The molecule has 3 nitrogen and oxygen atoms in total. The molecule has 1 saturated carbocycles. The zero-order valence-electron chi connectivity index (χ0n) is 25.5. The van der Waals surface area contributed by atoms with Crippen LogP contribution in [0.15, 0.2) is 42.5 Å². The molecule has 0 amide bonds. The lowest BCUT2D eigenvalue weighted by Gasteiger charge is -2.28. The standard InChI is InChI=1S/C36H52F2O3/c1-3-5-7-8-9-10-11-12-26-40-35-25-22-31(27-34(35)38)30-20-16-28(17-21-30)14-15-29-18-23-32(24-19-29)41-36(39)33(37)13-6-4-2/h16-17,20-22,25,27,29,32-33H,3-15,18-19,23-24,26H2,1-2H3/t29?,32?,33-/m0/s1. The van der Waals surface area contributed by atoms with Crippen LogP contribution in [0.25, 0.3) is 11.1 Å².